The minimum atomic E-state index is -0.726. The summed E-state index contributed by atoms with van der Waals surface area (Å²) in [6.45, 7) is 0.449. The second kappa shape index (κ2) is 5.79. The first-order chi connectivity index (χ1) is 9.53. The Hall–Kier alpha value is -1.62. The van der Waals surface area contributed by atoms with Gasteiger partial charge in [-0.15, -0.1) is 0 Å². The molecule has 0 bridgehead atoms. The van der Waals surface area contributed by atoms with Gasteiger partial charge in [0.2, 0.25) is 0 Å². The van der Waals surface area contributed by atoms with Crippen molar-refractivity contribution in [2.24, 2.45) is 5.92 Å². The van der Waals surface area contributed by atoms with E-state index in [1.165, 1.54) is 19.2 Å². The number of carbonyl (C=O) groups is 1. The summed E-state index contributed by atoms with van der Waals surface area (Å²) >= 11 is 0. The van der Waals surface area contributed by atoms with Crippen molar-refractivity contribution >= 4 is 11.7 Å². The molecule has 1 unspecified atom stereocenters. The molecule has 1 aromatic rings. The standard InChI is InChI=1S/C15H21FN2O2/c1-17-15(11-7-8-11,14(19)20-3)10-18(2)13-6-4-5-12(16)9-13/h4-6,9,11,17H,7-8,10H2,1-3H3. The highest BCUT2D eigenvalue weighted by Gasteiger charge is 2.51. The number of carbonyl (C=O) groups excluding carboxylic acids is 1. The topological polar surface area (TPSA) is 41.6 Å². The normalized spacial score (nSPS) is 17.4. The van der Waals surface area contributed by atoms with E-state index < -0.39 is 5.54 Å². The van der Waals surface area contributed by atoms with Crippen LogP contribution in [-0.4, -0.2) is 39.3 Å². The van der Waals surface area contributed by atoms with Crippen molar-refractivity contribution in [2.45, 2.75) is 18.4 Å². The zero-order valence-corrected chi connectivity index (χ0v) is 12.1. The number of nitrogens with zero attached hydrogens (tertiary/aromatic N) is 1. The molecule has 20 heavy (non-hydrogen) atoms. The molecule has 1 aliphatic rings. The van der Waals surface area contributed by atoms with E-state index in [1.807, 2.05) is 18.0 Å². The number of nitrogens with one attached hydrogen (secondary N) is 1. The number of benzene rings is 1. The fraction of sp³-hybridized carbons (Fsp3) is 0.533. The SMILES string of the molecule is CNC(CN(C)c1cccc(F)c1)(C(=O)OC)C1CC1. The summed E-state index contributed by atoms with van der Waals surface area (Å²) in [6, 6.07) is 6.36. The zero-order valence-electron chi connectivity index (χ0n) is 12.1. The quantitative estimate of drug-likeness (QED) is 0.807. The van der Waals surface area contributed by atoms with Crippen molar-refractivity contribution in [3.05, 3.63) is 30.1 Å². The fourth-order valence-electron chi connectivity index (χ4n) is 2.68. The first-order valence-corrected chi connectivity index (χ1v) is 6.77. The lowest BCUT2D eigenvalue weighted by Gasteiger charge is -2.35. The Morgan fingerprint density at radius 1 is 1.55 bits per heavy atom. The number of esters is 1. The van der Waals surface area contributed by atoms with Gasteiger partial charge in [-0.2, -0.15) is 0 Å². The van der Waals surface area contributed by atoms with Crippen LogP contribution in [0.15, 0.2) is 24.3 Å². The van der Waals surface area contributed by atoms with Crippen molar-refractivity contribution in [1.29, 1.82) is 0 Å². The Kier molecular flexibility index (Phi) is 4.28. The van der Waals surface area contributed by atoms with Gasteiger partial charge in [-0.05, 0) is 44.0 Å². The van der Waals surface area contributed by atoms with E-state index in [0.717, 1.165) is 18.5 Å². The second-order valence-corrected chi connectivity index (χ2v) is 5.32. The highest BCUT2D eigenvalue weighted by atomic mass is 19.1. The van der Waals surface area contributed by atoms with Crippen LogP contribution in [0.4, 0.5) is 10.1 Å². The number of methoxy groups -OCH3 is 1. The third kappa shape index (κ3) is 2.77. The van der Waals surface area contributed by atoms with E-state index in [4.69, 9.17) is 4.74 Å². The first-order valence-electron chi connectivity index (χ1n) is 6.77. The van der Waals surface area contributed by atoms with Crippen molar-refractivity contribution in [3.63, 3.8) is 0 Å². The Morgan fingerprint density at radius 3 is 2.75 bits per heavy atom. The van der Waals surface area contributed by atoms with Crippen LogP contribution in [0.1, 0.15) is 12.8 Å². The van der Waals surface area contributed by atoms with Gasteiger partial charge >= 0.3 is 5.97 Å². The zero-order chi connectivity index (χ0) is 14.8. The lowest BCUT2D eigenvalue weighted by atomic mass is 9.92. The second-order valence-electron chi connectivity index (χ2n) is 5.32. The van der Waals surface area contributed by atoms with Crippen LogP contribution < -0.4 is 10.2 Å². The largest absolute Gasteiger partial charge is 0.468 e. The van der Waals surface area contributed by atoms with Gasteiger partial charge in [0.25, 0.3) is 0 Å². The van der Waals surface area contributed by atoms with Gasteiger partial charge < -0.3 is 15.0 Å². The molecule has 1 atom stereocenters. The van der Waals surface area contributed by atoms with E-state index in [2.05, 4.69) is 5.32 Å². The average Bonchev–Trinajstić information content (AvgIpc) is 3.28. The lowest BCUT2D eigenvalue weighted by molar-refractivity contribution is -0.149. The molecule has 0 amide bonds. The summed E-state index contributed by atoms with van der Waals surface area (Å²) in [5.74, 6) is -0.268. The Balaban J connectivity index is 2.21. The number of hydrogen-bond donors (Lipinski definition) is 1. The number of anilines is 1. The van der Waals surface area contributed by atoms with Gasteiger partial charge in [0.1, 0.15) is 11.4 Å². The van der Waals surface area contributed by atoms with Crippen LogP contribution in [-0.2, 0) is 9.53 Å². The number of ether oxygens (including phenoxy) is 1. The molecule has 5 heteroatoms. The van der Waals surface area contributed by atoms with E-state index >= 15 is 0 Å². The molecule has 1 saturated carbocycles. The van der Waals surface area contributed by atoms with Crippen LogP contribution in [0.5, 0.6) is 0 Å². The average molecular weight is 280 g/mol. The maximum absolute atomic E-state index is 13.3. The minimum Gasteiger partial charge on any atom is -0.468 e. The van der Waals surface area contributed by atoms with Crippen LogP contribution in [0.2, 0.25) is 0 Å². The third-order valence-corrected chi connectivity index (χ3v) is 4.01. The molecule has 0 saturated heterocycles. The number of rotatable bonds is 6. The Bertz CT molecular complexity index is 491. The molecule has 0 radical (unpaired) electrons. The summed E-state index contributed by atoms with van der Waals surface area (Å²) in [5.41, 5.74) is 0.0182. The molecular weight excluding hydrogens is 259 g/mol. The molecule has 2 rings (SSSR count). The van der Waals surface area contributed by atoms with Gasteiger partial charge in [-0.3, -0.25) is 0 Å². The van der Waals surface area contributed by atoms with E-state index in [9.17, 15) is 9.18 Å². The molecule has 0 aliphatic heterocycles. The molecule has 1 N–H and O–H groups in total. The van der Waals surface area contributed by atoms with Crippen LogP contribution in [0, 0.1) is 11.7 Å². The summed E-state index contributed by atoms with van der Waals surface area (Å²) in [7, 11) is 5.03. The van der Waals surface area contributed by atoms with Crippen molar-refractivity contribution in [3.8, 4) is 0 Å². The monoisotopic (exact) mass is 280 g/mol. The van der Waals surface area contributed by atoms with Gasteiger partial charge in [0.05, 0.1) is 7.11 Å². The van der Waals surface area contributed by atoms with E-state index in [1.54, 1.807) is 13.1 Å². The molecule has 1 fully saturated rings. The van der Waals surface area contributed by atoms with E-state index in [0.29, 0.717) is 6.54 Å². The van der Waals surface area contributed by atoms with Crippen molar-refractivity contribution in [1.82, 2.24) is 5.32 Å². The van der Waals surface area contributed by atoms with Gasteiger partial charge in [0, 0.05) is 19.3 Å². The molecule has 0 heterocycles. The molecule has 1 aliphatic carbocycles. The van der Waals surface area contributed by atoms with Crippen LogP contribution >= 0.6 is 0 Å². The van der Waals surface area contributed by atoms with Crippen molar-refractivity contribution in [2.75, 3.05) is 32.6 Å². The van der Waals surface area contributed by atoms with Gasteiger partial charge in [0.15, 0.2) is 0 Å². The predicted molar refractivity (Wildman–Crippen MR) is 76.2 cm³/mol. The van der Waals surface area contributed by atoms with Gasteiger partial charge in [-0.1, -0.05) is 6.07 Å². The molecule has 0 spiro atoms. The number of likely N-dealkylation sites (N-methyl/N-ethyl adjacent to an activating group) is 2. The summed E-state index contributed by atoms with van der Waals surface area (Å²) in [5, 5.41) is 3.13. The molecule has 110 valence electrons. The van der Waals surface area contributed by atoms with Gasteiger partial charge in [-0.25, -0.2) is 9.18 Å². The minimum absolute atomic E-state index is 0.259. The Morgan fingerprint density at radius 2 is 2.25 bits per heavy atom. The smallest absolute Gasteiger partial charge is 0.328 e. The molecule has 0 aromatic heterocycles. The summed E-state index contributed by atoms with van der Waals surface area (Å²) < 4.78 is 18.3. The van der Waals surface area contributed by atoms with Crippen molar-refractivity contribution < 1.29 is 13.9 Å². The predicted octanol–water partition coefficient (Wildman–Crippen LogP) is 1.80. The fourth-order valence-corrected chi connectivity index (χ4v) is 2.68. The molecule has 4 nitrogen and oxygen atoms in total. The Labute approximate surface area is 118 Å². The number of hydrogen-bond acceptors (Lipinski definition) is 4. The summed E-state index contributed by atoms with van der Waals surface area (Å²) in [4.78, 5) is 14.1. The maximum Gasteiger partial charge on any atom is 0.328 e. The highest BCUT2D eigenvalue weighted by molar-refractivity contribution is 5.82. The van der Waals surface area contributed by atoms with E-state index in [-0.39, 0.29) is 17.7 Å². The molecular formula is C15H21FN2O2. The van der Waals surface area contributed by atoms with Crippen LogP contribution in [0.25, 0.3) is 0 Å². The van der Waals surface area contributed by atoms with Crippen LogP contribution in [0.3, 0.4) is 0 Å². The summed E-state index contributed by atoms with van der Waals surface area (Å²) in [6.07, 6.45) is 2.01. The third-order valence-electron chi connectivity index (χ3n) is 4.01. The highest BCUT2D eigenvalue weighted by Crippen LogP contribution is 2.41. The molecule has 1 aromatic carbocycles. The number of halogens is 1. The maximum atomic E-state index is 13.3. The first kappa shape index (κ1) is 14.8. The lowest BCUT2D eigenvalue weighted by Crippen LogP contribution is -2.59.